The van der Waals surface area contributed by atoms with Crippen LogP contribution in [0.5, 0.6) is 0 Å². The molecule has 0 N–H and O–H groups in total. The lowest BCUT2D eigenvalue weighted by Gasteiger charge is -1.98. The minimum Gasteiger partial charge on any atom is -0.334 e. The van der Waals surface area contributed by atoms with Crippen molar-refractivity contribution < 1.29 is 8.91 Å². The van der Waals surface area contributed by atoms with Gasteiger partial charge in [-0.25, -0.2) is 4.39 Å². The van der Waals surface area contributed by atoms with Gasteiger partial charge in [-0.1, -0.05) is 25.1 Å². The number of nitrogens with zero attached hydrogens (tertiary/aromatic N) is 3. The summed E-state index contributed by atoms with van der Waals surface area (Å²) in [5, 5.41) is 12.8. The van der Waals surface area contributed by atoms with Crippen molar-refractivity contribution in [2.24, 2.45) is 5.92 Å². The highest BCUT2D eigenvalue weighted by Gasteiger charge is 2.16. The molecule has 0 aliphatic carbocycles. The van der Waals surface area contributed by atoms with E-state index in [0.717, 1.165) is 0 Å². The quantitative estimate of drug-likeness (QED) is 0.834. The zero-order valence-corrected chi connectivity index (χ0v) is 10.1. The minimum atomic E-state index is -0.585. The molecular formula is C13H12FN3O. The maximum absolute atomic E-state index is 13.4. The first-order valence-electron chi connectivity index (χ1n) is 5.63. The van der Waals surface area contributed by atoms with Crippen LogP contribution in [-0.4, -0.2) is 10.1 Å². The highest BCUT2D eigenvalue weighted by Crippen LogP contribution is 2.23. The van der Waals surface area contributed by atoms with E-state index in [-0.39, 0.29) is 11.5 Å². The summed E-state index contributed by atoms with van der Waals surface area (Å²) in [7, 11) is 0. The Bertz CT molecular complexity index is 599. The van der Waals surface area contributed by atoms with Crippen molar-refractivity contribution in [1.82, 2.24) is 10.1 Å². The molecule has 4 nitrogen and oxygen atoms in total. The van der Waals surface area contributed by atoms with Crippen LogP contribution in [0.25, 0.3) is 11.5 Å². The fraction of sp³-hybridized carbons (Fsp3) is 0.308. The molecule has 0 unspecified atom stereocenters. The molecule has 0 aliphatic rings. The third kappa shape index (κ3) is 2.38. The second-order valence-corrected chi connectivity index (χ2v) is 4.39. The van der Waals surface area contributed by atoms with Gasteiger partial charge in [-0.2, -0.15) is 10.2 Å². The van der Waals surface area contributed by atoms with Crippen molar-refractivity contribution >= 4 is 0 Å². The van der Waals surface area contributed by atoms with Crippen LogP contribution in [0.3, 0.4) is 0 Å². The van der Waals surface area contributed by atoms with E-state index < -0.39 is 5.82 Å². The maximum Gasteiger partial charge on any atom is 0.259 e. The summed E-state index contributed by atoms with van der Waals surface area (Å²) in [6, 6.07) is 6.14. The van der Waals surface area contributed by atoms with E-state index in [9.17, 15) is 4.39 Å². The van der Waals surface area contributed by atoms with Gasteiger partial charge >= 0.3 is 0 Å². The summed E-state index contributed by atoms with van der Waals surface area (Å²) in [5.41, 5.74) is 0.261. The molecule has 0 radical (unpaired) electrons. The topological polar surface area (TPSA) is 62.7 Å². The molecule has 1 heterocycles. The van der Waals surface area contributed by atoms with Crippen molar-refractivity contribution in [3.05, 3.63) is 35.4 Å². The lowest BCUT2D eigenvalue weighted by Crippen LogP contribution is -1.96. The Morgan fingerprint density at radius 3 is 2.89 bits per heavy atom. The van der Waals surface area contributed by atoms with E-state index in [0.29, 0.717) is 23.7 Å². The van der Waals surface area contributed by atoms with Gasteiger partial charge in [0.15, 0.2) is 5.82 Å². The molecule has 0 aliphatic heterocycles. The van der Waals surface area contributed by atoms with Crippen LogP contribution in [0.15, 0.2) is 22.7 Å². The SMILES string of the molecule is CC(C)Cc1noc(-c2cccc(F)c2C#N)n1. The summed E-state index contributed by atoms with van der Waals surface area (Å²) in [4.78, 5) is 4.17. The molecule has 0 fully saturated rings. The highest BCUT2D eigenvalue weighted by molar-refractivity contribution is 5.63. The van der Waals surface area contributed by atoms with Crippen LogP contribution in [0, 0.1) is 23.1 Å². The second kappa shape index (κ2) is 4.96. The van der Waals surface area contributed by atoms with E-state index in [1.54, 1.807) is 6.07 Å². The standard InChI is InChI=1S/C13H12FN3O/c1-8(2)6-12-16-13(18-17-12)9-4-3-5-11(14)10(9)7-15/h3-5,8H,6H2,1-2H3. The van der Waals surface area contributed by atoms with Crippen LogP contribution in [0.4, 0.5) is 4.39 Å². The summed E-state index contributed by atoms with van der Waals surface area (Å²) < 4.78 is 18.5. The number of benzene rings is 1. The average molecular weight is 245 g/mol. The van der Waals surface area contributed by atoms with Gasteiger partial charge in [0, 0.05) is 6.42 Å². The van der Waals surface area contributed by atoms with Gasteiger partial charge < -0.3 is 4.52 Å². The van der Waals surface area contributed by atoms with Gasteiger partial charge in [0.25, 0.3) is 5.89 Å². The number of rotatable bonds is 3. The summed E-state index contributed by atoms with van der Waals surface area (Å²) >= 11 is 0. The summed E-state index contributed by atoms with van der Waals surface area (Å²) in [6.45, 7) is 4.08. The first-order valence-corrected chi connectivity index (χ1v) is 5.63. The Hall–Kier alpha value is -2.22. The van der Waals surface area contributed by atoms with Crippen molar-refractivity contribution in [2.75, 3.05) is 0 Å². The zero-order valence-electron chi connectivity index (χ0n) is 10.1. The van der Waals surface area contributed by atoms with Gasteiger partial charge in [-0.3, -0.25) is 0 Å². The Morgan fingerprint density at radius 2 is 2.22 bits per heavy atom. The Kier molecular flexibility index (Phi) is 3.38. The van der Waals surface area contributed by atoms with Crippen LogP contribution in [0.2, 0.25) is 0 Å². The molecule has 0 saturated carbocycles. The molecule has 0 atom stereocenters. The van der Waals surface area contributed by atoms with Crippen LogP contribution in [-0.2, 0) is 6.42 Å². The molecule has 92 valence electrons. The molecule has 0 saturated heterocycles. The van der Waals surface area contributed by atoms with Gasteiger partial charge in [0.2, 0.25) is 0 Å². The lowest BCUT2D eigenvalue weighted by atomic mass is 10.1. The van der Waals surface area contributed by atoms with E-state index in [2.05, 4.69) is 10.1 Å². The second-order valence-electron chi connectivity index (χ2n) is 4.39. The van der Waals surface area contributed by atoms with Crippen LogP contribution >= 0.6 is 0 Å². The van der Waals surface area contributed by atoms with Crippen molar-refractivity contribution in [1.29, 1.82) is 5.26 Å². The van der Waals surface area contributed by atoms with Gasteiger partial charge in [0.1, 0.15) is 17.4 Å². The maximum atomic E-state index is 13.4. The molecular weight excluding hydrogens is 233 g/mol. The molecule has 2 aromatic rings. The van der Waals surface area contributed by atoms with E-state index in [1.807, 2.05) is 19.9 Å². The molecule has 1 aromatic heterocycles. The normalized spacial score (nSPS) is 10.6. The fourth-order valence-corrected chi connectivity index (χ4v) is 1.63. The number of nitriles is 1. The third-order valence-electron chi connectivity index (χ3n) is 2.41. The molecule has 0 amide bonds. The molecule has 0 bridgehead atoms. The number of hydrogen-bond donors (Lipinski definition) is 0. The summed E-state index contributed by atoms with van der Waals surface area (Å²) in [5.74, 6) is 0.562. The first kappa shape index (κ1) is 12.2. The average Bonchev–Trinajstić information content (AvgIpc) is 2.76. The molecule has 18 heavy (non-hydrogen) atoms. The predicted molar refractivity (Wildman–Crippen MR) is 62.9 cm³/mol. The van der Waals surface area contributed by atoms with Crippen LogP contribution < -0.4 is 0 Å². The lowest BCUT2D eigenvalue weighted by molar-refractivity contribution is 0.417. The Labute approximate surface area is 104 Å². The molecule has 2 rings (SSSR count). The number of aromatic nitrogens is 2. The molecule has 1 aromatic carbocycles. The largest absolute Gasteiger partial charge is 0.334 e. The van der Waals surface area contributed by atoms with Crippen molar-refractivity contribution in [2.45, 2.75) is 20.3 Å². The smallest absolute Gasteiger partial charge is 0.259 e. The fourth-order valence-electron chi connectivity index (χ4n) is 1.63. The van der Waals surface area contributed by atoms with Gasteiger partial charge in [-0.05, 0) is 18.1 Å². The van der Waals surface area contributed by atoms with Crippen molar-refractivity contribution in [3.8, 4) is 17.5 Å². The van der Waals surface area contributed by atoms with Crippen LogP contribution in [0.1, 0.15) is 25.2 Å². The monoisotopic (exact) mass is 245 g/mol. The Balaban J connectivity index is 2.41. The van der Waals surface area contributed by atoms with Crippen molar-refractivity contribution in [3.63, 3.8) is 0 Å². The third-order valence-corrected chi connectivity index (χ3v) is 2.41. The van der Waals surface area contributed by atoms with E-state index in [4.69, 9.17) is 9.78 Å². The van der Waals surface area contributed by atoms with E-state index in [1.165, 1.54) is 12.1 Å². The molecule has 5 heteroatoms. The van der Waals surface area contributed by atoms with E-state index >= 15 is 0 Å². The number of hydrogen-bond acceptors (Lipinski definition) is 4. The zero-order chi connectivity index (χ0) is 13.1. The van der Waals surface area contributed by atoms with Gasteiger partial charge in [0.05, 0.1) is 5.56 Å². The highest BCUT2D eigenvalue weighted by atomic mass is 19.1. The predicted octanol–water partition coefficient (Wildman–Crippen LogP) is 2.95. The minimum absolute atomic E-state index is 0.0720. The number of halogens is 1. The van der Waals surface area contributed by atoms with Gasteiger partial charge in [-0.15, -0.1) is 0 Å². The molecule has 0 spiro atoms. The first-order chi connectivity index (χ1) is 8.61. The Morgan fingerprint density at radius 1 is 1.44 bits per heavy atom. The summed E-state index contributed by atoms with van der Waals surface area (Å²) in [6.07, 6.45) is 0.681.